The predicted octanol–water partition coefficient (Wildman–Crippen LogP) is 3.07. The van der Waals surface area contributed by atoms with E-state index < -0.39 is 11.7 Å². The SMILES string of the molecule is COc1ccc(Oc2cc(C(N)=O)c(N)cc2F)c(Br)c1. The van der Waals surface area contributed by atoms with Crippen LogP contribution in [0.25, 0.3) is 0 Å². The van der Waals surface area contributed by atoms with Crippen molar-refractivity contribution in [2.24, 2.45) is 5.73 Å². The lowest BCUT2D eigenvalue weighted by Gasteiger charge is -2.11. The molecule has 7 heteroatoms. The van der Waals surface area contributed by atoms with Crippen LogP contribution in [0.15, 0.2) is 34.8 Å². The number of nitrogen functional groups attached to an aromatic ring is 1. The average Bonchev–Trinajstić information content (AvgIpc) is 2.43. The Morgan fingerprint density at radius 3 is 2.52 bits per heavy atom. The van der Waals surface area contributed by atoms with Crippen LogP contribution in [0.1, 0.15) is 10.4 Å². The zero-order valence-corrected chi connectivity index (χ0v) is 12.6. The van der Waals surface area contributed by atoms with Gasteiger partial charge in [-0.25, -0.2) is 4.39 Å². The molecule has 0 aliphatic rings. The number of ether oxygens (including phenoxy) is 2. The molecule has 0 fully saturated rings. The molecule has 2 aromatic rings. The third kappa shape index (κ3) is 3.25. The smallest absolute Gasteiger partial charge is 0.250 e. The van der Waals surface area contributed by atoms with E-state index in [1.165, 1.54) is 13.2 Å². The number of methoxy groups -OCH3 is 1. The van der Waals surface area contributed by atoms with E-state index in [4.69, 9.17) is 20.9 Å². The monoisotopic (exact) mass is 354 g/mol. The van der Waals surface area contributed by atoms with Gasteiger partial charge in [-0.05, 0) is 40.2 Å². The summed E-state index contributed by atoms with van der Waals surface area (Å²) >= 11 is 3.29. The summed E-state index contributed by atoms with van der Waals surface area (Å²) in [5, 5.41) is 0. The summed E-state index contributed by atoms with van der Waals surface area (Å²) in [6.07, 6.45) is 0. The number of nitrogens with two attached hydrogens (primary N) is 2. The molecule has 0 aliphatic carbocycles. The molecule has 2 aromatic carbocycles. The second-order valence-electron chi connectivity index (χ2n) is 4.13. The molecule has 1 amide bonds. The number of anilines is 1. The van der Waals surface area contributed by atoms with Gasteiger partial charge in [-0.15, -0.1) is 0 Å². The molecule has 0 radical (unpaired) electrons. The van der Waals surface area contributed by atoms with E-state index in [9.17, 15) is 9.18 Å². The highest BCUT2D eigenvalue weighted by Crippen LogP contribution is 2.35. The number of primary amides is 1. The summed E-state index contributed by atoms with van der Waals surface area (Å²) in [5.74, 6) is -0.630. The van der Waals surface area contributed by atoms with Crippen LogP contribution in [0.5, 0.6) is 17.2 Å². The molecule has 0 aromatic heterocycles. The van der Waals surface area contributed by atoms with Crippen molar-refractivity contribution in [3.05, 3.63) is 46.2 Å². The molecule has 5 nitrogen and oxygen atoms in total. The third-order valence-electron chi connectivity index (χ3n) is 2.73. The second kappa shape index (κ2) is 6.01. The Morgan fingerprint density at radius 2 is 1.95 bits per heavy atom. The molecule has 0 heterocycles. The second-order valence-corrected chi connectivity index (χ2v) is 4.99. The van der Waals surface area contributed by atoms with Gasteiger partial charge in [-0.3, -0.25) is 4.79 Å². The standard InChI is InChI=1S/C14H12BrFN2O3/c1-20-7-2-3-12(9(15)4-7)21-13-5-8(14(18)19)11(17)6-10(13)16/h2-6H,17H2,1H3,(H2,18,19). The molecule has 0 atom stereocenters. The first kappa shape index (κ1) is 15.1. The van der Waals surface area contributed by atoms with Gasteiger partial charge in [0.1, 0.15) is 11.5 Å². The van der Waals surface area contributed by atoms with Crippen LogP contribution in [-0.4, -0.2) is 13.0 Å². The number of benzene rings is 2. The number of hydrogen-bond acceptors (Lipinski definition) is 4. The van der Waals surface area contributed by atoms with Gasteiger partial charge in [0.05, 0.1) is 17.1 Å². The lowest BCUT2D eigenvalue weighted by atomic mass is 10.1. The van der Waals surface area contributed by atoms with Gasteiger partial charge in [0.2, 0.25) is 0 Å². The Morgan fingerprint density at radius 1 is 1.24 bits per heavy atom. The molecule has 110 valence electrons. The summed E-state index contributed by atoms with van der Waals surface area (Å²) in [6.45, 7) is 0. The van der Waals surface area contributed by atoms with E-state index in [2.05, 4.69) is 15.9 Å². The average molecular weight is 355 g/mol. The van der Waals surface area contributed by atoms with Crippen molar-refractivity contribution in [1.82, 2.24) is 0 Å². The van der Waals surface area contributed by atoms with Crippen LogP contribution in [0.4, 0.5) is 10.1 Å². The van der Waals surface area contributed by atoms with Gasteiger partial charge >= 0.3 is 0 Å². The molecule has 0 spiro atoms. The van der Waals surface area contributed by atoms with Crippen molar-refractivity contribution in [3.63, 3.8) is 0 Å². The molecule has 21 heavy (non-hydrogen) atoms. The fourth-order valence-corrected chi connectivity index (χ4v) is 2.11. The van der Waals surface area contributed by atoms with E-state index in [1.54, 1.807) is 18.2 Å². The van der Waals surface area contributed by atoms with Gasteiger partial charge in [0.25, 0.3) is 5.91 Å². The molecular weight excluding hydrogens is 343 g/mol. The molecule has 2 rings (SSSR count). The Balaban J connectivity index is 2.39. The lowest BCUT2D eigenvalue weighted by molar-refractivity contribution is 0.100. The molecule has 4 N–H and O–H groups in total. The van der Waals surface area contributed by atoms with Crippen LogP contribution in [0.2, 0.25) is 0 Å². The maximum absolute atomic E-state index is 13.9. The number of amides is 1. The highest BCUT2D eigenvalue weighted by molar-refractivity contribution is 9.10. The van der Waals surface area contributed by atoms with Crippen LogP contribution < -0.4 is 20.9 Å². The fraction of sp³-hybridized carbons (Fsp3) is 0.0714. The Bertz CT molecular complexity index is 707. The summed E-state index contributed by atoms with van der Waals surface area (Å²) in [6, 6.07) is 7.09. The minimum atomic E-state index is -0.758. The van der Waals surface area contributed by atoms with Gasteiger partial charge in [-0.1, -0.05) is 0 Å². The maximum Gasteiger partial charge on any atom is 0.250 e. The minimum absolute atomic E-state index is 0.00367. The molecular formula is C14H12BrFN2O3. The van der Waals surface area contributed by atoms with E-state index in [-0.39, 0.29) is 17.0 Å². The molecule has 0 saturated carbocycles. The summed E-state index contributed by atoms with van der Waals surface area (Å²) in [5.41, 5.74) is 10.7. The fourth-order valence-electron chi connectivity index (χ4n) is 1.67. The van der Waals surface area contributed by atoms with E-state index >= 15 is 0 Å². The first-order valence-corrected chi connectivity index (χ1v) is 6.62. The van der Waals surface area contributed by atoms with Crippen molar-refractivity contribution < 1.29 is 18.7 Å². The van der Waals surface area contributed by atoms with E-state index in [0.717, 1.165) is 6.07 Å². The number of carbonyl (C=O) groups excluding carboxylic acids is 1. The van der Waals surface area contributed by atoms with Crippen LogP contribution in [-0.2, 0) is 0 Å². The van der Waals surface area contributed by atoms with Crippen molar-refractivity contribution >= 4 is 27.5 Å². The van der Waals surface area contributed by atoms with Gasteiger partial charge < -0.3 is 20.9 Å². The highest BCUT2D eigenvalue weighted by Gasteiger charge is 2.14. The quantitative estimate of drug-likeness (QED) is 0.825. The third-order valence-corrected chi connectivity index (χ3v) is 3.35. The Kier molecular flexibility index (Phi) is 4.32. The molecule has 0 bridgehead atoms. The van der Waals surface area contributed by atoms with Gasteiger partial charge in [0, 0.05) is 11.8 Å². The normalized spacial score (nSPS) is 10.2. The summed E-state index contributed by atoms with van der Waals surface area (Å²) in [4.78, 5) is 11.2. The van der Waals surface area contributed by atoms with Crippen molar-refractivity contribution in [2.45, 2.75) is 0 Å². The molecule has 0 aliphatic heterocycles. The predicted molar refractivity (Wildman–Crippen MR) is 80.1 cm³/mol. The molecule has 0 saturated heterocycles. The number of halogens is 2. The molecule has 0 unspecified atom stereocenters. The zero-order chi connectivity index (χ0) is 15.6. The van der Waals surface area contributed by atoms with Crippen LogP contribution >= 0.6 is 15.9 Å². The number of carbonyl (C=O) groups is 1. The summed E-state index contributed by atoms with van der Waals surface area (Å²) < 4.78 is 24.9. The van der Waals surface area contributed by atoms with Crippen LogP contribution in [0, 0.1) is 5.82 Å². The van der Waals surface area contributed by atoms with E-state index in [0.29, 0.717) is 16.0 Å². The van der Waals surface area contributed by atoms with E-state index in [1.807, 2.05) is 0 Å². The van der Waals surface area contributed by atoms with Crippen molar-refractivity contribution in [2.75, 3.05) is 12.8 Å². The first-order chi connectivity index (χ1) is 9.92. The topological polar surface area (TPSA) is 87.6 Å². The summed E-state index contributed by atoms with van der Waals surface area (Å²) in [7, 11) is 1.53. The Labute approximate surface area is 128 Å². The first-order valence-electron chi connectivity index (χ1n) is 5.82. The number of hydrogen-bond donors (Lipinski definition) is 2. The van der Waals surface area contributed by atoms with Gasteiger partial charge in [0.15, 0.2) is 11.6 Å². The van der Waals surface area contributed by atoms with Crippen molar-refractivity contribution in [3.8, 4) is 17.2 Å². The van der Waals surface area contributed by atoms with Gasteiger partial charge in [-0.2, -0.15) is 0 Å². The zero-order valence-electron chi connectivity index (χ0n) is 11.0. The van der Waals surface area contributed by atoms with Crippen LogP contribution in [0.3, 0.4) is 0 Å². The largest absolute Gasteiger partial charge is 0.497 e. The maximum atomic E-state index is 13.9. The Hall–Kier alpha value is -2.28. The highest BCUT2D eigenvalue weighted by atomic mass is 79.9. The van der Waals surface area contributed by atoms with Crippen molar-refractivity contribution in [1.29, 1.82) is 0 Å². The number of rotatable bonds is 4. The lowest BCUT2D eigenvalue weighted by Crippen LogP contribution is -2.14. The minimum Gasteiger partial charge on any atom is -0.497 e.